The number of aryl methyl sites for hydroxylation is 1. The highest BCUT2D eigenvalue weighted by molar-refractivity contribution is 5.80. The summed E-state index contributed by atoms with van der Waals surface area (Å²) >= 11 is 0. The van der Waals surface area contributed by atoms with E-state index < -0.39 is 0 Å². The van der Waals surface area contributed by atoms with Gasteiger partial charge in [-0.2, -0.15) is 0 Å². The van der Waals surface area contributed by atoms with Gasteiger partial charge in [0.05, 0.1) is 20.3 Å². The average Bonchev–Trinajstić information content (AvgIpc) is 2.86. The Kier molecular flexibility index (Phi) is 7.23. The molecule has 0 saturated heterocycles. The number of hydrogen-bond donors (Lipinski definition) is 0. The van der Waals surface area contributed by atoms with Gasteiger partial charge in [-0.25, -0.2) is 0 Å². The van der Waals surface area contributed by atoms with Gasteiger partial charge in [0.15, 0.2) is 11.5 Å². The van der Waals surface area contributed by atoms with Gasteiger partial charge in [-0.15, -0.1) is 0 Å². The Morgan fingerprint density at radius 1 is 1.00 bits per heavy atom. The van der Waals surface area contributed by atoms with Crippen molar-refractivity contribution in [1.29, 1.82) is 0 Å². The first-order valence-electron chi connectivity index (χ1n) is 11.9. The van der Waals surface area contributed by atoms with Crippen molar-refractivity contribution in [2.75, 3.05) is 27.4 Å². The predicted molar refractivity (Wildman–Crippen MR) is 126 cm³/mol. The van der Waals surface area contributed by atoms with Gasteiger partial charge in [-0.3, -0.25) is 4.79 Å². The maximum atomic E-state index is 13.6. The summed E-state index contributed by atoms with van der Waals surface area (Å²) in [5.74, 6) is 2.67. The van der Waals surface area contributed by atoms with E-state index in [2.05, 4.69) is 30.0 Å². The number of nitrogens with zero attached hydrogens (tertiary/aromatic N) is 1. The third-order valence-corrected chi connectivity index (χ3v) is 6.98. The summed E-state index contributed by atoms with van der Waals surface area (Å²) in [6.45, 7) is 3.28. The lowest BCUT2D eigenvalue weighted by atomic mass is 9.86. The molecule has 5 heteroatoms. The molecule has 1 heterocycles. The fourth-order valence-electron chi connectivity index (χ4n) is 5.05. The number of methoxy groups -OCH3 is 2. The van der Waals surface area contributed by atoms with Crippen LogP contribution in [0, 0.1) is 5.92 Å². The molecule has 2 aliphatic rings. The lowest BCUT2D eigenvalue weighted by molar-refractivity contribution is -0.140. The Balaban J connectivity index is 1.63. The van der Waals surface area contributed by atoms with Crippen molar-refractivity contribution in [1.82, 2.24) is 4.90 Å². The van der Waals surface area contributed by atoms with Crippen LogP contribution in [0.3, 0.4) is 0 Å². The Labute approximate surface area is 191 Å². The molecule has 32 heavy (non-hydrogen) atoms. The molecule has 1 aliphatic heterocycles. The Hall–Kier alpha value is -2.69. The zero-order chi connectivity index (χ0) is 22.5. The van der Waals surface area contributed by atoms with Gasteiger partial charge in [-0.1, -0.05) is 38.3 Å². The first-order valence-corrected chi connectivity index (χ1v) is 11.9. The SMILES string of the molecule is CCc1ccc(OC[C@H]2c3cc(OC)c(OC)cc3CCN2C(=O)C2CCCCC2)cc1. The van der Waals surface area contributed by atoms with E-state index in [0.29, 0.717) is 18.9 Å². The van der Waals surface area contributed by atoms with Crippen molar-refractivity contribution in [2.45, 2.75) is 57.9 Å². The molecule has 2 aromatic carbocycles. The fourth-order valence-corrected chi connectivity index (χ4v) is 5.05. The zero-order valence-electron chi connectivity index (χ0n) is 19.6. The summed E-state index contributed by atoms with van der Waals surface area (Å²) in [6.07, 6.45) is 7.36. The summed E-state index contributed by atoms with van der Waals surface area (Å²) in [6, 6.07) is 12.2. The molecule has 0 unspecified atom stereocenters. The summed E-state index contributed by atoms with van der Waals surface area (Å²) in [7, 11) is 3.31. The third kappa shape index (κ3) is 4.72. The molecule has 1 amide bonds. The van der Waals surface area contributed by atoms with Gasteiger partial charge in [0.2, 0.25) is 5.91 Å². The van der Waals surface area contributed by atoms with Crippen LogP contribution in [0.15, 0.2) is 36.4 Å². The smallest absolute Gasteiger partial charge is 0.226 e. The number of benzene rings is 2. The number of amides is 1. The molecule has 4 rings (SSSR count). The van der Waals surface area contributed by atoms with E-state index in [-0.39, 0.29) is 17.9 Å². The molecule has 1 saturated carbocycles. The zero-order valence-corrected chi connectivity index (χ0v) is 19.6. The Bertz CT molecular complexity index is 918. The molecule has 0 aromatic heterocycles. The molecule has 0 bridgehead atoms. The first-order chi connectivity index (χ1) is 15.6. The van der Waals surface area contributed by atoms with E-state index in [9.17, 15) is 4.79 Å². The topological polar surface area (TPSA) is 48.0 Å². The second kappa shape index (κ2) is 10.3. The summed E-state index contributed by atoms with van der Waals surface area (Å²) in [5.41, 5.74) is 3.58. The van der Waals surface area contributed by atoms with Crippen molar-refractivity contribution in [3.05, 3.63) is 53.1 Å². The van der Waals surface area contributed by atoms with Crippen LogP contribution < -0.4 is 14.2 Å². The second-order valence-electron chi connectivity index (χ2n) is 8.85. The molecule has 0 radical (unpaired) electrons. The van der Waals surface area contributed by atoms with Gasteiger partial charge in [-0.05, 0) is 66.6 Å². The molecule has 0 spiro atoms. The fraction of sp³-hybridized carbons (Fsp3) is 0.519. The molecule has 2 aromatic rings. The van der Waals surface area contributed by atoms with Gasteiger partial charge >= 0.3 is 0 Å². The summed E-state index contributed by atoms with van der Waals surface area (Å²) < 4.78 is 17.3. The molecule has 172 valence electrons. The van der Waals surface area contributed by atoms with Crippen LogP contribution in [-0.2, 0) is 17.6 Å². The highest BCUT2D eigenvalue weighted by atomic mass is 16.5. The van der Waals surface area contributed by atoms with Gasteiger partial charge in [0.1, 0.15) is 12.4 Å². The number of carbonyl (C=O) groups is 1. The summed E-state index contributed by atoms with van der Waals surface area (Å²) in [4.78, 5) is 15.6. The lowest BCUT2D eigenvalue weighted by Crippen LogP contribution is -2.45. The average molecular weight is 438 g/mol. The van der Waals surface area contributed by atoms with Gasteiger partial charge < -0.3 is 19.1 Å². The van der Waals surface area contributed by atoms with E-state index in [1.165, 1.54) is 17.5 Å². The predicted octanol–water partition coefficient (Wildman–Crippen LogP) is 5.35. The lowest BCUT2D eigenvalue weighted by Gasteiger charge is -2.40. The number of ether oxygens (including phenoxy) is 3. The Morgan fingerprint density at radius 3 is 2.34 bits per heavy atom. The minimum absolute atomic E-state index is 0.136. The molecular weight excluding hydrogens is 402 g/mol. The molecule has 0 N–H and O–H groups in total. The highest BCUT2D eigenvalue weighted by Crippen LogP contribution is 2.40. The van der Waals surface area contributed by atoms with Crippen molar-refractivity contribution in [2.24, 2.45) is 5.92 Å². The van der Waals surface area contributed by atoms with Crippen LogP contribution in [0.25, 0.3) is 0 Å². The van der Waals surface area contributed by atoms with Crippen molar-refractivity contribution in [3.8, 4) is 17.2 Å². The van der Waals surface area contributed by atoms with Gasteiger partial charge in [0.25, 0.3) is 0 Å². The van der Waals surface area contributed by atoms with Crippen LogP contribution in [0.5, 0.6) is 17.2 Å². The highest BCUT2D eigenvalue weighted by Gasteiger charge is 2.36. The Morgan fingerprint density at radius 2 is 1.69 bits per heavy atom. The molecule has 1 fully saturated rings. The van der Waals surface area contributed by atoms with E-state index >= 15 is 0 Å². The maximum absolute atomic E-state index is 13.6. The van der Waals surface area contributed by atoms with Gasteiger partial charge in [0, 0.05) is 12.5 Å². The van der Waals surface area contributed by atoms with Crippen molar-refractivity contribution >= 4 is 5.91 Å². The first kappa shape index (κ1) is 22.5. The normalized spacial score (nSPS) is 18.7. The molecule has 1 aliphatic carbocycles. The number of rotatable bonds is 7. The van der Waals surface area contributed by atoms with Crippen molar-refractivity contribution < 1.29 is 19.0 Å². The van der Waals surface area contributed by atoms with E-state index in [1.807, 2.05) is 18.2 Å². The van der Waals surface area contributed by atoms with Crippen LogP contribution in [-0.4, -0.2) is 38.2 Å². The minimum atomic E-state index is -0.140. The number of carbonyl (C=O) groups excluding carboxylic acids is 1. The molecule has 5 nitrogen and oxygen atoms in total. The molecular formula is C27H35NO4. The number of fused-ring (bicyclic) bond motifs is 1. The van der Waals surface area contributed by atoms with Crippen LogP contribution >= 0.6 is 0 Å². The quantitative estimate of drug-likeness (QED) is 0.586. The van der Waals surface area contributed by atoms with Crippen LogP contribution in [0.2, 0.25) is 0 Å². The third-order valence-electron chi connectivity index (χ3n) is 6.98. The van der Waals surface area contributed by atoms with Crippen LogP contribution in [0.4, 0.5) is 0 Å². The number of hydrogen-bond acceptors (Lipinski definition) is 4. The van der Waals surface area contributed by atoms with E-state index in [1.54, 1.807) is 14.2 Å². The molecule has 1 atom stereocenters. The largest absolute Gasteiger partial charge is 0.493 e. The van der Waals surface area contributed by atoms with Crippen LogP contribution in [0.1, 0.15) is 61.8 Å². The monoisotopic (exact) mass is 437 g/mol. The minimum Gasteiger partial charge on any atom is -0.493 e. The van der Waals surface area contributed by atoms with E-state index in [4.69, 9.17) is 14.2 Å². The van der Waals surface area contributed by atoms with E-state index in [0.717, 1.165) is 55.6 Å². The van der Waals surface area contributed by atoms with Crippen molar-refractivity contribution in [3.63, 3.8) is 0 Å². The summed E-state index contributed by atoms with van der Waals surface area (Å²) in [5, 5.41) is 0. The maximum Gasteiger partial charge on any atom is 0.226 e. The standard InChI is InChI=1S/C27H35NO4/c1-4-19-10-12-22(13-11-19)32-18-24-23-17-26(31-3)25(30-2)16-21(23)14-15-28(24)27(29)20-8-6-5-7-9-20/h10-13,16-17,20,24H,4-9,14-15,18H2,1-3H3/t24-/m0/s1. The second-order valence-corrected chi connectivity index (χ2v) is 8.85.